The minimum absolute atomic E-state index is 0.211. The Morgan fingerprint density at radius 1 is 1.23 bits per heavy atom. The quantitative estimate of drug-likeness (QED) is 0.740. The number of carbonyl (C=O) groups is 2. The van der Waals surface area contributed by atoms with E-state index in [0.717, 1.165) is 6.07 Å². The van der Waals surface area contributed by atoms with Crippen molar-refractivity contribution < 1.29 is 27.8 Å². The number of nitrogens with one attached hydrogen (secondary N) is 1. The van der Waals surface area contributed by atoms with E-state index in [2.05, 4.69) is 10.3 Å². The number of nitrogens with zero attached hydrogens (tertiary/aromatic N) is 1. The molecule has 0 spiro atoms. The van der Waals surface area contributed by atoms with Crippen molar-refractivity contribution in [3.05, 3.63) is 53.4 Å². The Morgan fingerprint density at radius 3 is 2.57 bits per heavy atom. The molecule has 0 aliphatic carbocycles. The Morgan fingerprint density at radius 2 is 1.93 bits per heavy atom. The molecule has 3 rings (SSSR count). The van der Waals surface area contributed by atoms with Crippen molar-refractivity contribution in [2.75, 3.05) is 12.4 Å². The number of methoxy groups -OCH3 is 1. The van der Waals surface area contributed by atoms with Gasteiger partial charge in [-0.25, -0.2) is 4.39 Å². The molecule has 1 amide bonds. The first-order chi connectivity index (χ1) is 14.1. The van der Waals surface area contributed by atoms with E-state index in [1.165, 1.54) is 32.4 Å². The Kier molecular flexibility index (Phi) is 5.90. The third-order valence-electron chi connectivity index (χ3n) is 5.68. The van der Waals surface area contributed by atoms with Crippen molar-refractivity contribution in [1.82, 2.24) is 4.98 Å². The predicted molar refractivity (Wildman–Crippen MR) is 107 cm³/mol. The minimum atomic E-state index is -1.11. The summed E-state index contributed by atoms with van der Waals surface area (Å²) in [5.41, 5.74) is 0.254. The van der Waals surface area contributed by atoms with Gasteiger partial charge in [0, 0.05) is 30.3 Å². The van der Waals surface area contributed by atoms with E-state index in [9.17, 15) is 18.4 Å². The van der Waals surface area contributed by atoms with Gasteiger partial charge in [0.2, 0.25) is 5.82 Å². The fraction of sp³-hybridized carbons (Fsp3) is 0.409. The molecule has 1 aromatic heterocycles. The minimum Gasteiger partial charge on any atom is -0.493 e. The molecule has 1 aromatic carbocycles. The van der Waals surface area contributed by atoms with Crippen LogP contribution in [0.1, 0.15) is 49.7 Å². The van der Waals surface area contributed by atoms with Gasteiger partial charge in [-0.15, -0.1) is 0 Å². The highest BCUT2D eigenvalue weighted by Gasteiger charge is 2.51. The second-order valence-electron chi connectivity index (χ2n) is 7.92. The van der Waals surface area contributed by atoms with Gasteiger partial charge in [0.1, 0.15) is 11.8 Å². The van der Waals surface area contributed by atoms with Gasteiger partial charge in [-0.3, -0.25) is 14.6 Å². The zero-order chi connectivity index (χ0) is 22.2. The number of benzene rings is 1. The van der Waals surface area contributed by atoms with E-state index in [4.69, 9.17) is 9.47 Å². The van der Waals surface area contributed by atoms with Gasteiger partial charge in [-0.05, 0) is 38.0 Å². The Labute approximate surface area is 173 Å². The molecular formula is C22H24F2N2O4. The largest absolute Gasteiger partial charge is 0.493 e. The summed E-state index contributed by atoms with van der Waals surface area (Å²) in [6.07, 6.45) is 0.437. The molecule has 1 aliphatic heterocycles. The molecule has 1 fully saturated rings. The average molecular weight is 418 g/mol. The fourth-order valence-corrected chi connectivity index (χ4v) is 3.78. The maximum absolute atomic E-state index is 14.4. The fourth-order valence-electron chi connectivity index (χ4n) is 3.78. The van der Waals surface area contributed by atoms with E-state index in [1.807, 2.05) is 20.8 Å². The number of ketones is 1. The van der Waals surface area contributed by atoms with Gasteiger partial charge < -0.3 is 14.8 Å². The van der Waals surface area contributed by atoms with Crippen LogP contribution in [-0.4, -0.2) is 35.5 Å². The molecule has 2 heterocycles. The number of aromatic nitrogens is 1. The monoisotopic (exact) mass is 418 g/mol. The normalized spacial score (nSPS) is 22.6. The molecule has 1 aliphatic rings. The number of Topliss-reactive ketones (excluding diaryl/α,β-unsaturated/α-hetero) is 1. The number of ether oxygens (including phenoxy) is 2. The zero-order valence-electron chi connectivity index (χ0n) is 17.5. The first-order valence-electron chi connectivity index (χ1n) is 9.54. The van der Waals surface area contributed by atoms with Crippen molar-refractivity contribution in [2.24, 2.45) is 5.92 Å². The number of hydrogen-bond acceptors (Lipinski definition) is 5. The van der Waals surface area contributed by atoms with Gasteiger partial charge in [0.25, 0.3) is 5.91 Å². The van der Waals surface area contributed by atoms with Crippen LogP contribution in [0.25, 0.3) is 0 Å². The molecule has 0 saturated carbocycles. The summed E-state index contributed by atoms with van der Waals surface area (Å²) >= 11 is 0. The highest BCUT2D eigenvalue weighted by atomic mass is 19.2. The van der Waals surface area contributed by atoms with E-state index in [-0.39, 0.29) is 23.1 Å². The number of rotatable bonds is 5. The van der Waals surface area contributed by atoms with Crippen LogP contribution >= 0.6 is 0 Å². The number of amides is 1. The van der Waals surface area contributed by atoms with Gasteiger partial charge in [0.15, 0.2) is 17.3 Å². The van der Waals surface area contributed by atoms with Crippen molar-refractivity contribution in [3.63, 3.8) is 0 Å². The molecule has 1 saturated heterocycles. The van der Waals surface area contributed by atoms with E-state index in [1.54, 1.807) is 6.07 Å². The highest BCUT2D eigenvalue weighted by Crippen LogP contribution is 2.49. The van der Waals surface area contributed by atoms with Crippen molar-refractivity contribution in [3.8, 4) is 5.75 Å². The average Bonchev–Trinajstić information content (AvgIpc) is 2.93. The molecule has 0 unspecified atom stereocenters. The topological polar surface area (TPSA) is 77.5 Å². The number of halogens is 2. The van der Waals surface area contributed by atoms with Crippen molar-refractivity contribution >= 4 is 17.4 Å². The molecule has 3 atom stereocenters. The molecule has 2 aromatic rings. The van der Waals surface area contributed by atoms with Gasteiger partial charge in [0.05, 0.1) is 12.7 Å². The van der Waals surface area contributed by atoms with Crippen molar-refractivity contribution in [1.29, 1.82) is 0 Å². The SMILES string of the molecule is COc1c([C@H]2[C@H](C(=O)Nc3ccnc(C(C)=O)c3)OC(C)(C)[C@H]2C)ccc(F)c1F. The van der Waals surface area contributed by atoms with Crippen LogP contribution in [0.3, 0.4) is 0 Å². The van der Waals surface area contributed by atoms with Crippen LogP contribution in [0.2, 0.25) is 0 Å². The first kappa shape index (κ1) is 21.8. The van der Waals surface area contributed by atoms with Crippen LogP contribution in [0.15, 0.2) is 30.5 Å². The lowest BCUT2D eigenvalue weighted by Crippen LogP contribution is -2.33. The molecule has 6 nitrogen and oxygen atoms in total. The van der Waals surface area contributed by atoms with E-state index in [0.29, 0.717) is 11.3 Å². The maximum Gasteiger partial charge on any atom is 0.254 e. The molecule has 8 heteroatoms. The van der Waals surface area contributed by atoms with E-state index < -0.39 is 35.2 Å². The maximum atomic E-state index is 14.4. The number of anilines is 1. The number of pyridine rings is 1. The molecule has 160 valence electrons. The molecule has 0 bridgehead atoms. The molecule has 1 N–H and O–H groups in total. The van der Waals surface area contributed by atoms with Gasteiger partial charge in [-0.2, -0.15) is 4.39 Å². The summed E-state index contributed by atoms with van der Waals surface area (Å²) in [7, 11) is 1.25. The molecule has 30 heavy (non-hydrogen) atoms. The molecular weight excluding hydrogens is 394 g/mol. The van der Waals surface area contributed by atoms with Crippen LogP contribution in [-0.2, 0) is 9.53 Å². The summed E-state index contributed by atoms with van der Waals surface area (Å²) in [5, 5.41) is 2.74. The number of hydrogen-bond donors (Lipinski definition) is 1. The standard InChI is InChI=1S/C22H24F2N2O4/c1-11-17(14-6-7-15(23)18(24)19(14)29-5)20(30-22(11,3)4)21(28)26-13-8-9-25-16(10-13)12(2)27/h6-11,17,20H,1-5H3,(H,25,26,28)/t11-,17-,20+/m0/s1. The summed E-state index contributed by atoms with van der Waals surface area (Å²) in [6.45, 7) is 6.94. The lowest BCUT2D eigenvalue weighted by molar-refractivity contribution is -0.131. The van der Waals surface area contributed by atoms with Gasteiger partial charge in [-0.1, -0.05) is 13.0 Å². The van der Waals surface area contributed by atoms with E-state index >= 15 is 0 Å². The summed E-state index contributed by atoms with van der Waals surface area (Å²) < 4.78 is 39.2. The Hall–Kier alpha value is -2.87. The third kappa shape index (κ3) is 3.92. The highest BCUT2D eigenvalue weighted by molar-refractivity contribution is 5.97. The van der Waals surface area contributed by atoms with Crippen LogP contribution in [0.5, 0.6) is 5.75 Å². The second kappa shape index (κ2) is 8.10. The van der Waals surface area contributed by atoms with Crippen molar-refractivity contribution in [2.45, 2.75) is 45.3 Å². The number of carbonyl (C=O) groups excluding carboxylic acids is 2. The second-order valence-corrected chi connectivity index (χ2v) is 7.92. The third-order valence-corrected chi connectivity index (χ3v) is 5.68. The zero-order valence-corrected chi connectivity index (χ0v) is 17.5. The van der Waals surface area contributed by atoms with Crippen LogP contribution in [0, 0.1) is 17.6 Å². The summed E-state index contributed by atoms with van der Waals surface area (Å²) in [6, 6.07) is 5.46. The molecule has 0 radical (unpaired) electrons. The van der Waals surface area contributed by atoms with Crippen LogP contribution in [0.4, 0.5) is 14.5 Å². The summed E-state index contributed by atoms with van der Waals surface area (Å²) in [4.78, 5) is 28.6. The lowest BCUT2D eigenvalue weighted by atomic mass is 9.78. The first-order valence-corrected chi connectivity index (χ1v) is 9.54. The summed E-state index contributed by atoms with van der Waals surface area (Å²) in [5.74, 6) is -3.88. The predicted octanol–water partition coefficient (Wildman–Crippen LogP) is 4.11. The Bertz CT molecular complexity index is 993. The lowest BCUT2D eigenvalue weighted by Gasteiger charge is -2.25. The smallest absolute Gasteiger partial charge is 0.254 e. The Balaban J connectivity index is 1.98. The van der Waals surface area contributed by atoms with Crippen LogP contribution < -0.4 is 10.1 Å². The van der Waals surface area contributed by atoms with Gasteiger partial charge >= 0.3 is 0 Å².